The van der Waals surface area contributed by atoms with Crippen LogP contribution in [0.3, 0.4) is 0 Å². The molecule has 0 atom stereocenters. The molecule has 0 saturated heterocycles. The number of nitrogens with zero attached hydrogens (tertiary/aromatic N) is 4. The number of rotatable bonds is 7. The van der Waals surface area contributed by atoms with Crippen molar-refractivity contribution in [1.29, 1.82) is 0 Å². The molecule has 8 heteroatoms. The van der Waals surface area contributed by atoms with Crippen molar-refractivity contribution in [2.24, 2.45) is 5.10 Å². The van der Waals surface area contributed by atoms with Crippen molar-refractivity contribution in [3.05, 3.63) is 117 Å². The summed E-state index contributed by atoms with van der Waals surface area (Å²) in [6, 6.07) is 25.8. The van der Waals surface area contributed by atoms with Crippen molar-refractivity contribution in [3.63, 3.8) is 0 Å². The first-order valence-electron chi connectivity index (χ1n) is 15.1. The van der Waals surface area contributed by atoms with Gasteiger partial charge in [0.2, 0.25) is 6.79 Å². The second-order valence-corrected chi connectivity index (χ2v) is 11.7. The first-order chi connectivity index (χ1) is 21.8. The minimum Gasteiger partial charge on any atom is -0.496 e. The zero-order valence-corrected chi connectivity index (χ0v) is 26.0. The predicted molar refractivity (Wildman–Crippen MR) is 178 cm³/mol. The second kappa shape index (κ2) is 11.3. The molecule has 0 saturated carbocycles. The summed E-state index contributed by atoms with van der Waals surface area (Å²) in [5.74, 6) is 3.03. The van der Waals surface area contributed by atoms with E-state index in [0.29, 0.717) is 23.3 Å². The van der Waals surface area contributed by atoms with E-state index in [1.807, 2.05) is 55.5 Å². The number of hydrogen-bond acceptors (Lipinski definition) is 6. The van der Waals surface area contributed by atoms with Crippen LogP contribution in [0.15, 0.2) is 88.8 Å². The Morgan fingerprint density at radius 2 is 1.71 bits per heavy atom. The second-order valence-electron chi connectivity index (χ2n) is 11.7. The normalized spacial score (nSPS) is 12.7. The molecule has 0 unspecified atom stereocenters. The summed E-state index contributed by atoms with van der Waals surface area (Å²) in [5.41, 5.74) is 7.36. The van der Waals surface area contributed by atoms with Gasteiger partial charge in [0.25, 0.3) is 5.56 Å². The van der Waals surface area contributed by atoms with E-state index in [-0.39, 0.29) is 18.3 Å². The van der Waals surface area contributed by atoms with Gasteiger partial charge in [0.05, 0.1) is 24.2 Å². The van der Waals surface area contributed by atoms with Crippen molar-refractivity contribution in [2.45, 2.75) is 40.2 Å². The van der Waals surface area contributed by atoms with Gasteiger partial charge in [0.1, 0.15) is 5.75 Å². The predicted octanol–water partition coefficient (Wildman–Crippen LogP) is 7.43. The van der Waals surface area contributed by atoms with Crippen molar-refractivity contribution in [2.75, 3.05) is 13.9 Å². The van der Waals surface area contributed by atoms with Gasteiger partial charge in [-0.05, 0) is 78.9 Å². The Hall–Kier alpha value is -5.37. The Morgan fingerprint density at radius 1 is 0.956 bits per heavy atom. The Morgan fingerprint density at radius 3 is 2.51 bits per heavy atom. The topological polar surface area (TPSA) is 79.9 Å². The first-order valence-corrected chi connectivity index (χ1v) is 15.1. The average Bonchev–Trinajstić information content (AvgIpc) is 3.62. The lowest BCUT2D eigenvalue weighted by atomic mass is 9.96. The molecule has 0 amide bonds. The van der Waals surface area contributed by atoms with E-state index >= 15 is 0 Å². The van der Waals surface area contributed by atoms with Gasteiger partial charge >= 0.3 is 0 Å². The Kier molecular flexibility index (Phi) is 7.12. The number of ether oxygens (including phenoxy) is 3. The molecule has 7 rings (SSSR count). The van der Waals surface area contributed by atoms with Crippen LogP contribution in [-0.2, 0) is 6.54 Å². The first kappa shape index (κ1) is 28.4. The lowest BCUT2D eigenvalue weighted by molar-refractivity contribution is 0.174. The van der Waals surface area contributed by atoms with Gasteiger partial charge in [-0.1, -0.05) is 50.2 Å². The maximum absolute atomic E-state index is 14.0. The molecular formula is C37H34N4O4. The number of fused-ring (bicyclic) bond motifs is 3. The third-order valence-electron chi connectivity index (χ3n) is 8.55. The van der Waals surface area contributed by atoms with Gasteiger partial charge in [0, 0.05) is 34.3 Å². The van der Waals surface area contributed by atoms with Gasteiger partial charge in [-0.2, -0.15) is 9.78 Å². The number of methoxy groups -OCH3 is 1. The fourth-order valence-corrected chi connectivity index (χ4v) is 6.13. The molecule has 8 nitrogen and oxygen atoms in total. The fourth-order valence-electron chi connectivity index (χ4n) is 6.13. The van der Waals surface area contributed by atoms with E-state index in [0.717, 1.165) is 61.7 Å². The molecule has 4 aromatic carbocycles. The summed E-state index contributed by atoms with van der Waals surface area (Å²) >= 11 is 0. The van der Waals surface area contributed by atoms with Crippen LogP contribution in [-0.4, -0.2) is 34.3 Å². The molecule has 6 aromatic rings. The molecule has 226 valence electrons. The molecule has 45 heavy (non-hydrogen) atoms. The third kappa shape index (κ3) is 4.92. The van der Waals surface area contributed by atoms with Crippen LogP contribution in [0.5, 0.6) is 17.2 Å². The summed E-state index contributed by atoms with van der Waals surface area (Å²) in [7, 11) is 1.68. The van der Waals surface area contributed by atoms with E-state index in [2.05, 4.69) is 49.6 Å². The van der Waals surface area contributed by atoms with Crippen molar-refractivity contribution in [3.8, 4) is 28.6 Å². The summed E-state index contributed by atoms with van der Waals surface area (Å²) in [4.78, 5) is 19.0. The molecule has 3 heterocycles. The lowest BCUT2D eigenvalue weighted by Crippen LogP contribution is -2.21. The van der Waals surface area contributed by atoms with Crippen LogP contribution < -0.4 is 19.8 Å². The average molecular weight is 599 g/mol. The largest absolute Gasteiger partial charge is 0.496 e. The van der Waals surface area contributed by atoms with Crippen LogP contribution in [0, 0.1) is 13.8 Å². The quantitative estimate of drug-likeness (QED) is 0.179. The standard InChI is InChI=1S/C37H34N4O4/c1-22(2)28-18-29(23(3)16-34(28)43-5)36-39-31-12-8-6-11-27(31)37(42)41(36)38-19-30-24(4)40(32-13-9-7-10-26(30)32)20-25-14-15-33-35(17-25)45-21-44-33/h6-19,22H,20-21H2,1-5H3. The molecule has 2 aromatic heterocycles. The number of hydrogen-bond donors (Lipinski definition) is 0. The van der Waals surface area contributed by atoms with Crippen LogP contribution in [0.2, 0.25) is 0 Å². The van der Waals surface area contributed by atoms with E-state index in [4.69, 9.17) is 24.3 Å². The highest BCUT2D eigenvalue weighted by Crippen LogP contribution is 2.35. The smallest absolute Gasteiger partial charge is 0.282 e. The minimum absolute atomic E-state index is 0.210. The van der Waals surface area contributed by atoms with Crippen LogP contribution in [0.25, 0.3) is 33.2 Å². The molecule has 0 bridgehead atoms. The van der Waals surface area contributed by atoms with Gasteiger partial charge in [0.15, 0.2) is 17.3 Å². The van der Waals surface area contributed by atoms with E-state index in [1.165, 1.54) is 4.68 Å². The summed E-state index contributed by atoms with van der Waals surface area (Å²) in [6.07, 6.45) is 1.79. The minimum atomic E-state index is -0.227. The Balaban J connectivity index is 1.39. The Bertz CT molecular complexity index is 2190. The highest BCUT2D eigenvalue weighted by molar-refractivity contribution is 6.01. The molecule has 0 spiro atoms. The zero-order chi connectivity index (χ0) is 31.2. The molecule has 1 aliphatic heterocycles. The molecule has 0 radical (unpaired) electrons. The molecule has 1 aliphatic rings. The van der Waals surface area contributed by atoms with Gasteiger partial charge in [-0.3, -0.25) is 4.79 Å². The van der Waals surface area contributed by atoms with E-state index in [9.17, 15) is 4.79 Å². The van der Waals surface area contributed by atoms with Crippen molar-refractivity contribution >= 4 is 28.0 Å². The summed E-state index contributed by atoms with van der Waals surface area (Å²) in [6.45, 7) is 9.22. The molecular weight excluding hydrogens is 564 g/mol. The molecule has 0 fully saturated rings. The lowest BCUT2D eigenvalue weighted by Gasteiger charge is -2.17. The molecule has 0 aliphatic carbocycles. The number of aryl methyl sites for hydroxylation is 1. The van der Waals surface area contributed by atoms with Crippen LogP contribution in [0.1, 0.15) is 47.7 Å². The summed E-state index contributed by atoms with van der Waals surface area (Å²) < 4.78 is 20.5. The van der Waals surface area contributed by atoms with Crippen LogP contribution in [0.4, 0.5) is 0 Å². The van der Waals surface area contributed by atoms with Gasteiger partial charge in [-0.25, -0.2) is 4.98 Å². The maximum atomic E-state index is 14.0. The maximum Gasteiger partial charge on any atom is 0.282 e. The van der Waals surface area contributed by atoms with Crippen LogP contribution >= 0.6 is 0 Å². The fraction of sp³-hybridized carbons (Fsp3) is 0.216. The summed E-state index contributed by atoms with van der Waals surface area (Å²) in [5, 5.41) is 6.43. The highest BCUT2D eigenvalue weighted by atomic mass is 16.7. The van der Waals surface area contributed by atoms with E-state index in [1.54, 1.807) is 19.4 Å². The third-order valence-corrected chi connectivity index (χ3v) is 8.55. The van der Waals surface area contributed by atoms with Crippen molar-refractivity contribution < 1.29 is 14.2 Å². The zero-order valence-electron chi connectivity index (χ0n) is 26.0. The highest BCUT2D eigenvalue weighted by Gasteiger charge is 2.20. The number of benzene rings is 4. The Labute approximate surface area is 261 Å². The monoisotopic (exact) mass is 598 g/mol. The molecule has 0 N–H and O–H groups in total. The van der Waals surface area contributed by atoms with E-state index < -0.39 is 0 Å². The number of aromatic nitrogens is 3. The van der Waals surface area contributed by atoms with Crippen molar-refractivity contribution in [1.82, 2.24) is 14.2 Å². The van der Waals surface area contributed by atoms with Gasteiger partial charge < -0.3 is 18.8 Å². The SMILES string of the molecule is COc1cc(C)c(-c2nc3ccccc3c(=O)n2N=Cc2c(C)n(Cc3ccc4c(c3)OCO4)c3ccccc23)cc1C(C)C. The number of para-hydroxylation sites is 2. The van der Waals surface area contributed by atoms with Gasteiger partial charge in [-0.15, -0.1) is 0 Å².